The van der Waals surface area contributed by atoms with Gasteiger partial charge in [0.15, 0.2) is 6.39 Å². The van der Waals surface area contributed by atoms with Gasteiger partial charge in [-0.05, 0) is 64.1 Å². The van der Waals surface area contributed by atoms with E-state index in [9.17, 15) is 9.59 Å². The van der Waals surface area contributed by atoms with E-state index in [0.29, 0.717) is 18.2 Å². The number of hydrogen-bond acceptors (Lipinski definition) is 5. The normalized spacial score (nSPS) is 27.0. The molecule has 1 aromatic heterocycles. The van der Waals surface area contributed by atoms with Gasteiger partial charge in [0.05, 0.1) is 18.3 Å². The lowest BCUT2D eigenvalue weighted by Gasteiger charge is -2.51. The summed E-state index contributed by atoms with van der Waals surface area (Å²) in [5, 5.41) is 2.86. The van der Waals surface area contributed by atoms with Crippen LogP contribution < -0.4 is 5.32 Å². The summed E-state index contributed by atoms with van der Waals surface area (Å²) < 4.78 is 5.20. The molecule has 188 valence electrons. The molecule has 1 aromatic carbocycles. The Balaban J connectivity index is 1.31. The molecule has 1 saturated heterocycles. The van der Waals surface area contributed by atoms with E-state index < -0.39 is 0 Å². The number of oxazole rings is 1. The highest BCUT2D eigenvalue weighted by molar-refractivity contribution is 5.86. The van der Waals surface area contributed by atoms with E-state index in [1.54, 1.807) is 11.1 Å². The van der Waals surface area contributed by atoms with Crippen LogP contribution in [0.25, 0.3) is 0 Å². The molecule has 35 heavy (non-hydrogen) atoms. The summed E-state index contributed by atoms with van der Waals surface area (Å²) in [5.74, 6) is 1.02. The Kier molecular flexibility index (Phi) is 6.57. The van der Waals surface area contributed by atoms with Crippen LogP contribution in [0.1, 0.15) is 56.3 Å². The van der Waals surface area contributed by atoms with Gasteiger partial charge < -0.3 is 19.5 Å². The Labute approximate surface area is 207 Å². The number of aromatic nitrogens is 1. The first kappa shape index (κ1) is 23.9. The second-order valence-corrected chi connectivity index (χ2v) is 10.8. The summed E-state index contributed by atoms with van der Waals surface area (Å²) in [7, 11) is 4.34. The van der Waals surface area contributed by atoms with Crippen molar-refractivity contribution in [2.45, 2.75) is 62.6 Å². The molecule has 1 aliphatic heterocycles. The Morgan fingerprint density at radius 1 is 1.17 bits per heavy atom. The first-order valence-corrected chi connectivity index (χ1v) is 12.9. The molecule has 1 spiro atoms. The van der Waals surface area contributed by atoms with Crippen molar-refractivity contribution < 1.29 is 14.0 Å². The minimum atomic E-state index is -0.202. The highest BCUT2D eigenvalue weighted by atomic mass is 16.3. The molecular formula is C27H37N5O3. The molecule has 2 heterocycles. The average Bonchev–Trinajstić information content (AvgIpc) is 3.43. The minimum absolute atomic E-state index is 0.0174. The summed E-state index contributed by atoms with van der Waals surface area (Å²) >= 11 is 0. The van der Waals surface area contributed by atoms with Gasteiger partial charge >= 0.3 is 6.03 Å². The molecule has 3 fully saturated rings. The van der Waals surface area contributed by atoms with E-state index in [2.05, 4.69) is 64.5 Å². The molecule has 8 heteroatoms. The Bertz CT molecular complexity index is 1010. The molecule has 1 N–H and O–H groups in total. The summed E-state index contributed by atoms with van der Waals surface area (Å²) in [4.78, 5) is 36.5. The van der Waals surface area contributed by atoms with Crippen LogP contribution in [0.4, 0.5) is 4.79 Å². The summed E-state index contributed by atoms with van der Waals surface area (Å²) in [5.41, 5.74) is 1.12. The van der Waals surface area contributed by atoms with Crippen LogP contribution in [0.5, 0.6) is 0 Å². The molecule has 0 bridgehead atoms. The van der Waals surface area contributed by atoms with Crippen molar-refractivity contribution in [2.24, 2.45) is 5.92 Å². The van der Waals surface area contributed by atoms with E-state index in [1.165, 1.54) is 31.2 Å². The molecule has 2 saturated carbocycles. The van der Waals surface area contributed by atoms with Crippen molar-refractivity contribution >= 4 is 11.9 Å². The number of hydrogen-bond donors (Lipinski definition) is 1. The Hall–Kier alpha value is -2.87. The highest BCUT2D eigenvalue weighted by Crippen LogP contribution is 2.49. The fourth-order valence-electron chi connectivity index (χ4n) is 6.25. The monoisotopic (exact) mass is 479 g/mol. The number of benzene rings is 1. The number of rotatable bonds is 8. The van der Waals surface area contributed by atoms with E-state index in [1.807, 2.05) is 0 Å². The van der Waals surface area contributed by atoms with Crippen LogP contribution in [-0.4, -0.2) is 70.9 Å². The van der Waals surface area contributed by atoms with Crippen LogP contribution in [0.15, 0.2) is 47.3 Å². The van der Waals surface area contributed by atoms with Gasteiger partial charge in [-0.25, -0.2) is 9.78 Å². The third-order valence-electron chi connectivity index (χ3n) is 8.68. The number of carbonyl (C=O) groups excluding carboxylic acids is 2. The summed E-state index contributed by atoms with van der Waals surface area (Å²) in [6.07, 6.45) is 10.4. The van der Waals surface area contributed by atoms with Crippen LogP contribution in [-0.2, 0) is 16.9 Å². The number of amides is 3. The topological polar surface area (TPSA) is 81.9 Å². The molecule has 3 aliphatic rings. The maximum atomic E-state index is 13.6. The minimum Gasteiger partial charge on any atom is -0.447 e. The fourth-order valence-corrected chi connectivity index (χ4v) is 6.25. The molecule has 2 aliphatic carbocycles. The number of nitrogens with one attached hydrogen (secondary N) is 1. The first-order valence-electron chi connectivity index (χ1n) is 12.9. The molecule has 5 rings (SSSR count). The van der Waals surface area contributed by atoms with Gasteiger partial charge in [-0.3, -0.25) is 9.69 Å². The second-order valence-electron chi connectivity index (χ2n) is 10.8. The van der Waals surface area contributed by atoms with Gasteiger partial charge in [0.25, 0.3) is 0 Å². The lowest BCUT2D eigenvalue weighted by atomic mass is 9.68. The lowest BCUT2D eigenvalue weighted by Crippen LogP contribution is -2.56. The van der Waals surface area contributed by atoms with E-state index in [0.717, 1.165) is 32.2 Å². The zero-order chi connectivity index (χ0) is 24.5. The lowest BCUT2D eigenvalue weighted by molar-refractivity contribution is -0.121. The van der Waals surface area contributed by atoms with Crippen molar-refractivity contribution in [3.63, 3.8) is 0 Å². The molecule has 3 amide bonds. The number of carbonyl (C=O) groups is 2. The zero-order valence-electron chi connectivity index (χ0n) is 20.9. The van der Waals surface area contributed by atoms with E-state index in [-0.39, 0.29) is 36.1 Å². The molecule has 0 unspecified atom stereocenters. The quantitative estimate of drug-likeness (QED) is 0.626. The largest absolute Gasteiger partial charge is 0.447 e. The van der Waals surface area contributed by atoms with Crippen LogP contribution in [0, 0.1) is 5.92 Å². The van der Waals surface area contributed by atoms with Crippen molar-refractivity contribution in [3.8, 4) is 0 Å². The molecule has 0 atom stereocenters. The fraction of sp³-hybridized carbons (Fsp3) is 0.593. The van der Waals surface area contributed by atoms with Crippen molar-refractivity contribution in [1.82, 2.24) is 25.0 Å². The Morgan fingerprint density at radius 3 is 2.51 bits per heavy atom. The van der Waals surface area contributed by atoms with Gasteiger partial charge in [0.2, 0.25) is 5.91 Å². The van der Waals surface area contributed by atoms with Gasteiger partial charge in [-0.15, -0.1) is 0 Å². The Morgan fingerprint density at radius 2 is 1.91 bits per heavy atom. The highest BCUT2D eigenvalue weighted by Gasteiger charge is 2.55. The molecular weight excluding hydrogens is 442 g/mol. The second kappa shape index (κ2) is 9.64. The van der Waals surface area contributed by atoms with Crippen LogP contribution in [0.3, 0.4) is 0 Å². The van der Waals surface area contributed by atoms with Crippen molar-refractivity contribution in [1.29, 1.82) is 0 Å². The van der Waals surface area contributed by atoms with Gasteiger partial charge in [-0.1, -0.05) is 36.8 Å². The number of urea groups is 1. The third-order valence-corrected chi connectivity index (χ3v) is 8.68. The standard InChI is InChI=1S/C27H37N5O3/c1-30(2)27(22-9-4-3-5-10-22)13-11-26(12-14-27)19-31(25(34)32(26)17-21-7-6-8-21)18-24(33)29-16-23-15-28-20-35-23/h3-5,9-10,15,20-21H,6-8,11-14,16-19H2,1-2H3,(H,29,33). The maximum Gasteiger partial charge on any atom is 0.321 e. The van der Waals surface area contributed by atoms with Gasteiger partial charge in [-0.2, -0.15) is 0 Å². The van der Waals surface area contributed by atoms with Gasteiger partial charge in [0, 0.05) is 18.6 Å². The summed E-state index contributed by atoms with van der Waals surface area (Å²) in [6.45, 7) is 1.79. The molecule has 8 nitrogen and oxygen atoms in total. The molecule has 0 radical (unpaired) electrons. The maximum absolute atomic E-state index is 13.6. The smallest absolute Gasteiger partial charge is 0.321 e. The van der Waals surface area contributed by atoms with Crippen molar-refractivity contribution in [2.75, 3.05) is 33.7 Å². The van der Waals surface area contributed by atoms with Crippen LogP contribution in [0.2, 0.25) is 0 Å². The average molecular weight is 480 g/mol. The first-order chi connectivity index (χ1) is 16.9. The summed E-state index contributed by atoms with van der Waals surface area (Å²) in [6, 6.07) is 10.8. The van der Waals surface area contributed by atoms with E-state index >= 15 is 0 Å². The van der Waals surface area contributed by atoms with Gasteiger partial charge in [0.1, 0.15) is 12.3 Å². The predicted octanol–water partition coefficient (Wildman–Crippen LogP) is 3.60. The number of nitrogens with zero attached hydrogens (tertiary/aromatic N) is 4. The van der Waals surface area contributed by atoms with Crippen LogP contribution >= 0.6 is 0 Å². The third kappa shape index (κ3) is 4.56. The SMILES string of the molecule is CN(C)C1(c2ccccc2)CCC2(CC1)CN(CC(=O)NCc1cnco1)C(=O)N2CC1CCC1. The predicted molar refractivity (Wildman–Crippen MR) is 132 cm³/mol. The zero-order valence-corrected chi connectivity index (χ0v) is 20.9. The molecule has 2 aromatic rings. The van der Waals surface area contributed by atoms with Crippen molar-refractivity contribution in [3.05, 3.63) is 54.2 Å². The van der Waals surface area contributed by atoms with E-state index in [4.69, 9.17) is 4.42 Å².